The van der Waals surface area contributed by atoms with Gasteiger partial charge in [0, 0.05) is 36.0 Å². The molecule has 0 atom stereocenters. The van der Waals surface area contributed by atoms with Crippen molar-refractivity contribution in [1.82, 2.24) is 24.1 Å². The largest absolute Gasteiger partial charge is 0.306 e. The molecule has 33 heavy (non-hydrogen) atoms. The fourth-order valence-corrected chi connectivity index (χ4v) is 5.22. The number of H-pyrrole nitrogens is 1. The Labute approximate surface area is 191 Å². The number of piperidine rings is 1. The molecule has 0 aliphatic carbocycles. The van der Waals surface area contributed by atoms with Crippen molar-refractivity contribution in [2.45, 2.75) is 44.9 Å². The van der Waals surface area contributed by atoms with Gasteiger partial charge in [0.25, 0.3) is 11.5 Å². The van der Waals surface area contributed by atoms with E-state index in [9.17, 15) is 18.0 Å². The topological polar surface area (TPSA) is 130 Å². The van der Waals surface area contributed by atoms with E-state index < -0.39 is 15.9 Å². The van der Waals surface area contributed by atoms with Crippen molar-refractivity contribution in [2.24, 2.45) is 0 Å². The molecule has 3 heterocycles. The molecule has 1 saturated heterocycles. The van der Waals surface area contributed by atoms with E-state index in [0.717, 1.165) is 19.3 Å². The van der Waals surface area contributed by atoms with Crippen LogP contribution in [0.3, 0.4) is 0 Å². The number of hydrogen-bond donors (Lipinski definition) is 2. The Morgan fingerprint density at radius 1 is 1.06 bits per heavy atom. The summed E-state index contributed by atoms with van der Waals surface area (Å²) in [6, 6.07) is 7.52. The van der Waals surface area contributed by atoms with Crippen molar-refractivity contribution >= 4 is 21.7 Å². The molecule has 0 saturated carbocycles. The quantitative estimate of drug-likeness (QED) is 0.589. The average molecular weight is 471 g/mol. The Morgan fingerprint density at radius 3 is 2.36 bits per heavy atom. The average Bonchev–Trinajstić information content (AvgIpc) is 3.17. The van der Waals surface area contributed by atoms with E-state index >= 15 is 0 Å². The molecule has 174 valence electrons. The first-order chi connectivity index (χ1) is 15.7. The number of benzene rings is 1. The molecule has 1 fully saturated rings. The molecule has 4 rings (SSSR count). The number of aromatic amines is 1. The van der Waals surface area contributed by atoms with Gasteiger partial charge in [0.2, 0.25) is 16.0 Å². The molecule has 2 N–H and O–H groups in total. The van der Waals surface area contributed by atoms with Crippen molar-refractivity contribution < 1.29 is 13.2 Å². The van der Waals surface area contributed by atoms with Crippen molar-refractivity contribution in [3.8, 4) is 5.95 Å². The molecule has 0 unspecified atom stereocenters. The highest BCUT2D eigenvalue weighted by atomic mass is 32.2. The lowest BCUT2D eigenvalue weighted by Crippen LogP contribution is -2.35. The minimum Gasteiger partial charge on any atom is -0.306 e. The van der Waals surface area contributed by atoms with Gasteiger partial charge in [-0.2, -0.15) is 14.1 Å². The number of sulfonamides is 1. The molecular weight excluding hydrogens is 444 g/mol. The fourth-order valence-electron chi connectivity index (χ4n) is 3.70. The normalized spacial score (nSPS) is 14.9. The summed E-state index contributed by atoms with van der Waals surface area (Å²) in [5.74, 6) is 0.0765. The minimum atomic E-state index is -3.57. The van der Waals surface area contributed by atoms with Gasteiger partial charge in [-0.3, -0.25) is 14.6 Å². The van der Waals surface area contributed by atoms with Gasteiger partial charge in [-0.15, -0.1) is 0 Å². The molecular formula is C22H26N6O4S. The third-order valence-corrected chi connectivity index (χ3v) is 7.64. The second-order valence-electron chi connectivity index (χ2n) is 8.13. The van der Waals surface area contributed by atoms with Crippen LogP contribution in [-0.2, 0) is 10.0 Å². The number of carbonyl (C=O) groups is 1. The summed E-state index contributed by atoms with van der Waals surface area (Å²) in [5, 5.41) is 7.08. The Hall–Kier alpha value is -3.31. The van der Waals surface area contributed by atoms with Crippen LogP contribution in [-0.4, -0.2) is 51.5 Å². The van der Waals surface area contributed by atoms with Crippen LogP contribution in [0.15, 0.2) is 40.0 Å². The summed E-state index contributed by atoms with van der Waals surface area (Å²) < 4.78 is 28.5. The summed E-state index contributed by atoms with van der Waals surface area (Å²) in [6.07, 6.45) is 2.74. The maximum Gasteiger partial charge on any atom is 0.256 e. The second-order valence-corrected chi connectivity index (χ2v) is 10.1. The second kappa shape index (κ2) is 8.91. The molecule has 1 aliphatic heterocycles. The smallest absolute Gasteiger partial charge is 0.256 e. The SMILES string of the molecule is Cc1cc(NC(=O)c2ccc(S(=O)(=O)N3CCCCC3)cc2)n(-c2nc(C)c(C)c(=O)[nH]2)n1. The predicted molar refractivity (Wildman–Crippen MR) is 123 cm³/mol. The van der Waals surface area contributed by atoms with E-state index in [1.807, 2.05) is 0 Å². The zero-order valence-electron chi connectivity index (χ0n) is 18.8. The van der Waals surface area contributed by atoms with E-state index in [1.165, 1.54) is 33.3 Å². The number of nitrogens with one attached hydrogen (secondary N) is 2. The number of rotatable bonds is 5. The van der Waals surface area contributed by atoms with E-state index in [2.05, 4.69) is 20.4 Å². The molecule has 2 aromatic heterocycles. The van der Waals surface area contributed by atoms with Crippen LogP contribution in [0.4, 0.5) is 5.82 Å². The molecule has 0 radical (unpaired) electrons. The van der Waals surface area contributed by atoms with E-state index in [-0.39, 0.29) is 16.4 Å². The van der Waals surface area contributed by atoms with Gasteiger partial charge in [0.05, 0.1) is 10.6 Å². The molecule has 1 amide bonds. The van der Waals surface area contributed by atoms with Crippen molar-refractivity contribution in [3.63, 3.8) is 0 Å². The summed E-state index contributed by atoms with van der Waals surface area (Å²) in [7, 11) is -3.57. The highest BCUT2D eigenvalue weighted by molar-refractivity contribution is 7.89. The molecule has 0 spiro atoms. The number of aryl methyl sites for hydroxylation is 2. The first-order valence-electron chi connectivity index (χ1n) is 10.7. The molecule has 3 aromatic rings. The van der Waals surface area contributed by atoms with Gasteiger partial charge in [-0.05, 0) is 57.9 Å². The first kappa shape index (κ1) is 22.9. The lowest BCUT2D eigenvalue weighted by molar-refractivity contribution is 0.102. The van der Waals surface area contributed by atoms with E-state index in [4.69, 9.17) is 0 Å². The number of amides is 1. The van der Waals surface area contributed by atoms with E-state index in [0.29, 0.717) is 41.4 Å². The highest BCUT2D eigenvalue weighted by Crippen LogP contribution is 2.21. The molecule has 0 bridgehead atoms. The number of nitrogens with zero attached hydrogens (tertiary/aromatic N) is 4. The monoisotopic (exact) mass is 470 g/mol. The number of carbonyl (C=O) groups excluding carboxylic acids is 1. The maximum absolute atomic E-state index is 12.9. The van der Waals surface area contributed by atoms with Gasteiger partial charge in [-0.25, -0.2) is 13.4 Å². The standard InChI is InChI=1S/C22H26N6O4S/c1-14-13-19(28(26-14)22-23-16(3)15(2)20(29)25-22)24-21(30)17-7-9-18(10-8-17)33(31,32)27-11-5-4-6-12-27/h7-10,13H,4-6,11-12H2,1-3H3,(H,24,30)(H,23,25,29). The molecule has 1 aliphatic rings. The van der Waals surface area contributed by atoms with E-state index in [1.54, 1.807) is 26.8 Å². The van der Waals surface area contributed by atoms with Crippen LogP contribution < -0.4 is 10.9 Å². The third kappa shape index (κ3) is 4.60. The summed E-state index contributed by atoms with van der Waals surface area (Å²) in [5.41, 5.74) is 1.69. The van der Waals surface area contributed by atoms with Crippen LogP contribution in [0.25, 0.3) is 5.95 Å². The van der Waals surface area contributed by atoms with Crippen LogP contribution >= 0.6 is 0 Å². The van der Waals surface area contributed by atoms with Crippen LogP contribution in [0.1, 0.15) is 46.6 Å². The van der Waals surface area contributed by atoms with Crippen molar-refractivity contribution in [2.75, 3.05) is 18.4 Å². The zero-order chi connectivity index (χ0) is 23.8. The fraction of sp³-hybridized carbons (Fsp3) is 0.364. The lowest BCUT2D eigenvalue weighted by Gasteiger charge is -2.25. The maximum atomic E-state index is 12.9. The Morgan fingerprint density at radius 2 is 1.73 bits per heavy atom. The highest BCUT2D eigenvalue weighted by Gasteiger charge is 2.26. The number of hydrogen-bond acceptors (Lipinski definition) is 6. The van der Waals surface area contributed by atoms with Crippen LogP contribution in [0.2, 0.25) is 0 Å². The zero-order valence-corrected chi connectivity index (χ0v) is 19.6. The Balaban J connectivity index is 1.57. The van der Waals surface area contributed by atoms with Crippen LogP contribution in [0.5, 0.6) is 0 Å². The number of aromatic nitrogens is 4. The lowest BCUT2D eigenvalue weighted by atomic mass is 10.2. The molecule has 10 nitrogen and oxygen atoms in total. The molecule has 1 aromatic carbocycles. The number of anilines is 1. The van der Waals surface area contributed by atoms with Gasteiger partial charge in [0.1, 0.15) is 5.82 Å². The minimum absolute atomic E-state index is 0.166. The predicted octanol–water partition coefficient (Wildman–Crippen LogP) is 2.31. The van der Waals surface area contributed by atoms with Gasteiger partial charge < -0.3 is 5.32 Å². The summed E-state index contributed by atoms with van der Waals surface area (Å²) in [4.78, 5) is 32.2. The third-order valence-electron chi connectivity index (χ3n) is 5.73. The Bertz CT molecular complexity index is 1350. The first-order valence-corrected chi connectivity index (χ1v) is 12.2. The van der Waals surface area contributed by atoms with Gasteiger partial charge >= 0.3 is 0 Å². The summed E-state index contributed by atoms with van der Waals surface area (Å²) >= 11 is 0. The van der Waals surface area contributed by atoms with Gasteiger partial charge in [0.15, 0.2) is 0 Å². The van der Waals surface area contributed by atoms with Gasteiger partial charge in [-0.1, -0.05) is 6.42 Å². The Kier molecular flexibility index (Phi) is 6.17. The molecule has 11 heteroatoms. The van der Waals surface area contributed by atoms with Crippen molar-refractivity contribution in [1.29, 1.82) is 0 Å². The van der Waals surface area contributed by atoms with Crippen molar-refractivity contribution in [3.05, 3.63) is 63.2 Å². The van der Waals surface area contributed by atoms with Crippen LogP contribution in [0, 0.1) is 20.8 Å². The summed E-state index contributed by atoms with van der Waals surface area (Å²) in [6.45, 7) is 6.19.